The predicted molar refractivity (Wildman–Crippen MR) is 88.0 cm³/mol. The molecule has 1 saturated heterocycles. The fourth-order valence-corrected chi connectivity index (χ4v) is 2.73. The van der Waals surface area contributed by atoms with Crippen LogP contribution in [0.3, 0.4) is 0 Å². The second kappa shape index (κ2) is 7.30. The van der Waals surface area contributed by atoms with Crippen molar-refractivity contribution < 1.29 is 14.0 Å². The van der Waals surface area contributed by atoms with Gasteiger partial charge in [-0.1, -0.05) is 12.1 Å². The normalized spacial score (nSPS) is 16.3. The van der Waals surface area contributed by atoms with Crippen LogP contribution < -0.4 is 5.32 Å². The maximum absolute atomic E-state index is 13.6. The number of alkyl halides is 1. The van der Waals surface area contributed by atoms with E-state index in [-0.39, 0.29) is 23.4 Å². The number of rotatable bonds is 4. The van der Waals surface area contributed by atoms with Gasteiger partial charge in [0.1, 0.15) is 5.82 Å². The highest BCUT2D eigenvalue weighted by atomic mass is 35.5. The average Bonchev–Trinajstić information content (AvgIpc) is 2.55. The summed E-state index contributed by atoms with van der Waals surface area (Å²) in [6, 6.07) is 5.87. The summed E-state index contributed by atoms with van der Waals surface area (Å²) in [5.74, 6) is -0.627. The highest BCUT2D eigenvalue weighted by Crippen LogP contribution is 2.23. The molecular weight excluding hydrogens is 319 g/mol. The lowest BCUT2D eigenvalue weighted by Crippen LogP contribution is -2.50. The zero-order valence-corrected chi connectivity index (χ0v) is 14.2. The van der Waals surface area contributed by atoms with E-state index in [1.807, 2.05) is 13.8 Å². The standard InChI is InChI=1S/C17H22ClFN2O2/c1-17(2,11-18)16(23)21-9-7-12(8-10-21)20-15(22)13-5-3-4-6-14(13)19/h3-6,12H,7-11H2,1-2H3,(H,20,22). The molecule has 1 aromatic rings. The molecule has 1 fully saturated rings. The minimum absolute atomic E-state index is 0.0337. The summed E-state index contributed by atoms with van der Waals surface area (Å²) in [7, 11) is 0. The molecule has 0 atom stereocenters. The fourth-order valence-electron chi connectivity index (χ4n) is 2.62. The number of nitrogens with zero attached hydrogens (tertiary/aromatic N) is 1. The third kappa shape index (κ3) is 4.22. The van der Waals surface area contributed by atoms with Crippen LogP contribution in [0, 0.1) is 11.2 Å². The molecule has 0 unspecified atom stereocenters. The van der Waals surface area contributed by atoms with Crippen LogP contribution in [0.15, 0.2) is 24.3 Å². The van der Waals surface area contributed by atoms with Gasteiger partial charge in [0, 0.05) is 25.0 Å². The second-order valence-electron chi connectivity index (χ2n) is 6.54. The first-order valence-corrected chi connectivity index (χ1v) is 8.29. The molecule has 2 rings (SSSR count). The van der Waals surface area contributed by atoms with E-state index in [4.69, 9.17) is 11.6 Å². The van der Waals surface area contributed by atoms with E-state index < -0.39 is 17.1 Å². The summed E-state index contributed by atoms with van der Waals surface area (Å²) in [6.07, 6.45) is 1.31. The zero-order chi connectivity index (χ0) is 17.0. The zero-order valence-electron chi connectivity index (χ0n) is 13.4. The molecule has 1 aliphatic heterocycles. The molecule has 1 N–H and O–H groups in total. The Morgan fingerprint density at radius 1 is 1.30 bits per heavy atom. The maximum atomic E-state index is 13.6. The average molecular weight is 341 g/mol. The summed E-state index contributed by atoms with van der Waals surface area (Å²) < 4.78 is 13.6. The molecule has 0 aliphatic carbocycles. The van der Waals surface area contributed by atoms with Gasteiger partial charge < -0.3 is 10.2 Å². The van der Waals surface area contributed by atoms with Crippen LogP contribution in [0.5, 0.6) is 0 Å². The predicted octanol–water partition coefficient (Wildman–Crippen LogP) is 2.81. The molecule has 0 radical (unpaired) electrons. The Kier molecular flexibility index (Phi) is 5.63. The minimum atomic E-state index is -0.579. The summed E-state index contributed by atoms with van der Waals surface area (Å²) >= 11 is 5.85. The number of amides is 2. The topological polar surface area (TPSA) is 49.4 Å². The lowest BCUT2D eigenvalue weighted by atomic mass is 9.92. The number of likely N-dealkylation sites (tertiary alicyclic amines) is 1. The van der Waals surface area contributed by atoms with Gasteiger partial charge in [0.25, 0.3) is 5.91 Å². The maximum Gasteiger partial charge on any atom is 0.254 e. The number of hydrogen-bond acceptors (Lipinski definition) is 2. The van der Waals surface area contributed by atoms with Crippen molar-refractivity contribution in [1.29, 1.82) is 0 Å². The number of hydrogen-bond donors (Lipinski definition) is 1. The molecule has 0 saturated carbocycles. The molecule has 4 nitrogen and oxygen atoms in total. The summed E-state index contributed by atoms with van der Waals surface area (Å²) in [5.41, 5.74) is -0.528. The van der Waals surface area contributed by atoms with E-state index >= 15 is 0 Å². The Morgan fingerprint density at radius 2 is 1.91 bits per heavy atom. The number of piperidine rings is 1. The van der Waals surface area contributed by atoms with E-state index in [0.717, 1.165) is 0 Å². The van der Waals surface area contributed by atoms with Crippen molar-refractivity contribution in [3.63, 3.8) is 0 Å². The molecule has 126 valence electrons. The molecule has 6 heteroatoms. The number of benzene rings is 1. The van der Waals surface area contributed by atoms with Crippen molar-refractivity contribution in [2.45, 2.75) is 32.7 Å². The smallest absolute Gasteiger partial charge is 0.254 e. The molecule has 0 spiro atoms. The molecule has 23 heavy (non-hydrogen) atoms. The van der Waals surface area contributed by atoms with E-state index in [9.17, 15) is 14.0 Å². The Labute approximate surface area is 141 Å². The molecule has 1 aliphatic rings. The molecular formula is C17H22ClFN2O2. The van der Waals surface area contributed by atoms with Gasteiger partial charge >= 0.3 is 0 Å². The van der Waals surface area contributed by atoms with Crippen molar-refractivity contribution in [1.82, 2.24) is 10.2 Å². The van der Waals surface area contributed by atoms with Crippen LogP contribution in [0.4, 0.5) is 4.39 Å². The van der Waals surface area contributed by atoms with Gasteiger partial charge in [-0.05, 0) is 38.8 Å². The SMILES string of the molecule is CC(C)(CCl)C(=O)N1CCC(NC(=O)c2ccccc2F)CC1. The van der Waals surface area contributed by atoms with E-state index in [0.29, 0.717) is 25.9 Å². The summed E-state index contributed by atoms with van der Waals surface area (Å²) in [4.78, 5) is 26.2. The monoisotopic (exact) mass is 340 g/mol. The molecule has 0 bridgehead atoms. The van der Waals surface area contributed by atoms with Crippen LogP contribution in [0.1, 0.15) is 37.0 Å². The summed E-state index contributed by atoms with van der Waals surface area (Å²) in [5, 5.41) is 2.85. The first-order chi connectivity index (χ1) is 10.8. The van der Waals surface area contributed by atoms with E-state index in [1.54, 1.807) is 17.0 Å². The summed E-state index contributed by atoms with van der Waals surface area (Å²) in [6.45, 7) is 4.80. The van der Waals surface area contributed by atoms with Crippen LogP contribution in [-0.2, 0) is 4.79 Å². The number of carbonyl (C=O) groups excluding carboxylic acids is 2. The number of carbonyl (C=O) groups is 2. The van der Waals surface area contributed by atoms with Crippen LogP contribution >= 0.6 is 11.6 Å². The number of nitrogens with one attached hydrogen (secondary N) is 1. The van der Waals surface area contributed by atoms with E-state index in [1.165, 1.54) is 12.1 Å². The number of halogens is 2. The van der Waals surface area contributed by atoms with Crippen LogP contribution in [0.25, 0.3) is 0 Å². The van der Waals surface area contributed by atoms with Gasteiger partial charge in [0.05, 0.1) is 11.0 Å². The van der Waals surface area contributed by atoms with Crippen molar-refractivity contribution in [2.24, 2.45) is 5.41 Å². The lowest BCUT2D eigenvalue weighted by molar-refractivity contribution is -0.140. The molecule has 0 aromatic heterocycles. The first-order valence-electron chi connectivity index (χ1n) is 7.76. The van der Waals surface area contributed by atoms with Gasteiger partial charge in [-0.2, -0.15) is 0 Å². The van der Waals surface area contributed by atoms with Crippen molar-refractivity contribution >= 4 is 23.4 Å². The van der Waals surface area contributed by atoms with Gasteiger partial charge in [-0.3, -0.25) is 9.59 Å². The fraction of sp³-hybridized carbons (Fsp3) is 0.529. The first kappa shape index (κ1) is 17.7. The van der Waals surface area contributed by atoms with Crippen LogP contribution in [-0.4, -0.2) is 41.7 Å². The molecule has 1 aromatic carbocycles. The Hall–Kier alpha value is -1.62. The van der Waals surface area contributed by atoms with Gasteiger partial charge in [0.2, 0.25) is 5.91 Å². The molecule has 1 heterocycles. The quantitative estimate of drug-likeness (QED) is 0.857. The van der Waals surface area contributed by atoms with E-state index in [2.05, 4.69) is 5.32 Å². The Morgan fingerprint density at radius 3 is 2.48 bits per heavy atom. The molecule has 2 amide bonds. The highest BCUT2D eigenvalue weighted by Gasteiger charge is 2.33. The third-order valence-electron chi connectivity index (χ3n) is 4.15. The lowest BCUT2D eigenvalue weighted by Gasteiger charge is -2.36. The van der Waals surface area contributed by atoms with Crippen molar-refractivity contribution in [2.75, 3.05) is 19.0 Å². The Bertz CT molecular complexity index is 584. The van der Waals surface area contributed by atoms with Gasteiger partial charge in [0.15, 0.2) is 0 Å². The largest absolute Gasteiger partial charge is 0.349 e. The second-order valence-corrected chi connectivity index (χ2v) is 6.80. The van der Waals surface area contributed by atoms with Crippen molar-refractivity contribution in [3.8, 4) is 0 Å². The van der Waals surface area contributed by atoms with Gasteiger partial charge in [-0.15, -0.1) is 11.6 Å². The minimum Gasteiger partial charge on any atom is -0.349 e. The van der Waals surface area contributed by atoms with Crippen molar-refractivity contribution in [3.05, 3.63) is 35.6 Å². The third-order valence-corrected chi connectivity index (χ3v) is 4.82. The van der Waals surface area contributed by atoms with Gasteiger partial charge in [-0.25, -0.2) is 4.39 Å². The van der Waals surface area contributed by atoms with Crippen LogP contribution in [0.2, 0.25) is 0 Å². The highest BCUT2D eigenvalue weighted by molar-refractivity contribution is 6.19. The Balaban J connectivity index is 1.89.